The predicted molar refractivity (Wildman–Crippen MR) is 65.1 cm³/mol. The first-order valence-electron chi connectivity index (χ1n) is 5.92. The summed E-state index contributed by atoms with van der Waals surface area (Å²) in [5, 5.41) is 11.9. The summed E-state index contributed by atoms with van der Waals surface area (Å²) in [6, 6.07) is 2.05. The zero-order chi connectivity index (χ0) is 13.3. The van der Waals surface area contributed by atoms with E-state index in [1.54, 1.807) is 0 Å². The van der Waals surface area contributed by atoms with Gasteiger partial charge in [-0.3, -0.25) is 4.79 Å². The summed E-state index contributed by atoms with van der Waals surface area (Å²) in [7, 11) is 0. The van der Waals surface area contributed by atoms with Crippen LogP contribution in [0.1, 0.15) is 34.6 Å². The lowest BCUT2D eigenvalue weighted by molar-refractivity contribution is -0.150. The molecule has 0 aromatic rings. The third-order valence-corrected chi connectivity index (χ3v) is 4.07. The molecular formula is C13H22N2O2. The van der Waals surface area contributed by atoms with Gasteiger partial charge in [0.25, 0.3) is 0 Å². The second-order valence-corrected chi connectivity index (χ2v) is 6.50. The number of carbonyl (C=O) groups is 1. The molecule has 1 fully saturated rings. The van der Waals surface area contributed by atoms with Crippen molar-refractivity contribution in [3.63, 3.8) is 0 Å². The zero-order valence-corrected chi connectivity index (χ0v) is 11.4. The summed E-state index contributed by atoms with van der Waals surface area (Å²) in [4.78, 5) is 11.9. The van der Waals surface area contributed by atoms with E-state index in [1.165, 1.54) is 0 Å². The normalized spacial score (nSPS) is 19.1. The second kappa shape index (κ2) is 4.30. The molecule has 0 bridgehead atoms. The van der Waals surface area contributed by atoms with Gasteiger partial charge < -0.3 is 10.1 Å². The molecule has 4 nitrogen and oxygen atoms in total. The van der Waals surface area contributed by atoms with Crippen molar-refractivity contribution < 1.29 is 9.53 Å². The van der Waals surface area contributed by atoms with Crippen molar-refractivity contribution in [3.8, 4) is 6.07 Å². The maximum Gasteiger partial charge on any atom is 0.245 e. The lowest BCUT2D eigenvalue weighted by atomic mass is 9.69. The molecule has 0 aromatic heterocycles. The van der Waals surface area contributed by atoms with Gasteiger partial charge in [-0.25, -0.2) is 0 Å². The summed E-state index contributed by atoms with van der Waals surface area (Å²) in [6.45, 7) is 11.7. The molecule has 1 rings (SSSR count). The van der Waals surface area contributed by atoms with Crippen LogP contribution >= 0.6 is 0 Å². The third kappa shape index (κ3) is 2.61. The molecule has 0 atom stereocenters. The maximum absolute atomic E-state index is 11.9. The highest BCUT2D eigenvalue weighted by Crippen LogP contribution is 2.37. The maximum atomic E-state index is 11.9. The fraction of sp³-hybridized carbons (Fsp3) is 0.846. The van der Waals surface area contributed by atoms with Crippen LogP contribution < -0.4 is 5.32 Å². The van der Waals surface area contributed by atoms with Crippen LogP contribution in [0.25, 0.3) is 0 Å². The van der Waals surface area contributed by atoms with Gasteiger partial charge in [-0.05, 0) is 10.8 Å². The number of nitrogens with zero attached hydrogens (tertiary/aromatic N) is 1. The van der Waals surface area contributed by atoms with Crippen LogP contribution in [-0.4, -0.2) is 25.7 Å². The van der Waals surface area contributed by atoms with Gasteiger partial charge in [0, 0.05) is 6.54 Å². The zero-order valence-electron chi connectivity index (χ0n) is 11.4. The molecule has 0 saturated carbocycles. The number of nitrogens with one attached hydrogen (secondary N) is 1. The Morgan fingerprint density at radius 3 is 2.18 bits per heavy atom. The van der Waals surface area contributed by atoms with E-state index in [1.807, 2.05) is 0 Å². The van der Waals surface area contributed by atoms with E-state index >= 15 is 0 Å². The molecular weight excluding hydrogens is 216 g/mol. The van der Waals surface area contributed by atoms with Gasteiger partial charge in [0.2, 0.25) is 5.91 Å². The minimum Gasteiger partial charge on any atom is -0.377 e. The Hall–Kier alpha value is -1.08. The monoisotopic (exact) mass is 238 g/mol. The van der Waals surface area contributed by atoms with E-state index in [9.17, 15) is 4.79 Å². The van der Waals surface area contributed by atoms with Gasteiger partial charge in [0.1, 0.15) is 0 Å². The van der Waals surface area contributed by atoms with Crippen molar-refractivity contribution in [2.24, 2.45) is 16.2 Å². The van der Waals surface area contributed by atoms with Gasteiger partial charge in [-0.15, -0.1) is 0 Å². The van der Waals surface area contributed by atoms with E-state index in [0.717, 1.165) is 0 Å². The molecule has 0 spiro atoms. The molecule has 1 aliphatic heterocycles. The molecule has 1 N–H and O–H groups in total. The Balaban J connectivity index is 2.58. The standard InChI is InChI=1S/C13H22N2O2/c1-11(2,3)12(4,5)7-15-10(16)13(6-14)8-17-9-13/h7-9H2,1-5H3,(H,15,16). The average Bonchev–Trinajstić information content (AvgIpc) is 2.12. The number of carbonyl (C=O) groups excluding carboxylic acids is 1. The summed E-state index contributed by atoms with van der Waals surface area (Å²) < 4.78 is 4.97. The first-order chi connectivity index (χ1) is 7.65. The first-order valence-corrected chi connectivity index (χ1v) is 5.92. The lowest BCUT2D eigenvalue weighted by Gasteiger charge is -2.40. The summed E-state index contributed by atoms with van der Waals surface area (Å²) in [5.74, 6) is -0.205. The van der Waals surface area contributed by atoms with Crippen LogP contribution in [-0.2, 0) is 9.53 Å². The highest BCUT2D eigenvalue weighted by atomic mass is 16.5. The molecule has 17 heavy (non-hydrogen) atoms. The van der Waals surface area contributed by atoms with Gasteiger partial charge in [0.05, 0.1) is 19.3 Å². The molecule has 0 unspecified atom stereocenters. The van der Waals surface area contributed by atoms with Gasteiger partial charge in [-0.1, -0.05) is 34.6 Å². The van der Waals surface area contributed by atoms with E-state index < -0.39 is 5.41 Å². The van der Waals surface area contributed by atoms with Crippen molar-refractivity contribution in [1.29, 1.82) is 5.26 Å². The Morgan fingerprint density at radius 1 is 1.35 bits per heavy atom. The Kier molecular flexibility index (Phi) is 3.54. The molecule has 0 aliphatic carbocycles. The number of hydrogen-bond acceptors (Lipinski definition) is 3. The number of ether oxygens (including phenoxy) is 1. The molecule has 0 aromatic carbocycles. The fourth-order valence-electron chi connectivity index (χ4n) is 1.29. The molecule has 4 heteroatoms. The van der Waals surface area contributed by atoms with Gasteiger partial charge >= 0.3 is 0 Å². The van der Waals surface area contributed by atoms with Crippen molar-refractivity contribution in [3.05, 3.63) is 0 Å². The molecule has 0 radical (unpaired) electrons. The van der Waals surface area contributed by atoms with Crippen molar-refractivity contribution in [2.45, 2.75) is 34.6 Å². The minimum absolute atomic E-state index is 0.0239. The molecule has 1 heterocycles. The molecule has 1 aliphatic rings. The smallest absolute Gasteiger partial charge is 0.245 e. The number of rotatable bonds is 3. The first kappa shape index (κ1) is 14.0. The van der Waals surface area contributed by atoms with Crippen LogP contribution in [0, 0.1) is 27.6 Å². The highest BCUT2D eigenvalue weighted by Gasteiger charge is 2.47. The van der Waals surface area contributed by atoms with Gasteiger partial charge in [0.15, 0.2) is 5.41 Å². The van der Waals surface area contributed by atoms with E-state index in [-0.39, 0.29) is 30.0 Å². The van der Waals surface area contributed by atoms with E-state index in [4.69, 9.17) is 10.00 Å². The van der Waals surface area contributed by atoms with Gasteiger partial charge in [-0.2, -0.15) is 5.26 Å². The van der Waals surface area contributed by atoms with Crippen LogP contribution in [0.15, 0.2) is 0 Å². The number of nitriles is 1. The van der Waals surface area contributed by atoms with Crippen LogP contribution in [0.4, 0.5) is 0 Å². The topological polar surface area (TPSA) is 62.1 Å². The van der Waals surface area contributed by atoms with Crippen LogP contribution in [0.5, 0.6) is 0 Å². The highest BCUT2D eigenvalue weighted by molar-refractivity contribution is 5.86. The Bertz CT molecular complexity index is 343. The Morgan fingerprint density at radius 2 is 1.88 bits per heavy atom. The van der Waals surface area contributed by atoms with Crippen molar-refractivity contribution >= 4 is 5.91 Å². The summed E-state index contributed by atoms with van der Waals surface area (Å²) in [6.07, 6.45) is 0. The quantitative estimate of drug-likeness (QED) is 0.814. The summed E-state index contributed by atoms with van der Waals surface area (Å²) in [5.41, 5.74) is -0.881. The van der Waals surface area contributed by atoms with Crippen LogP contribution in [0.3, 0.4) is 0 Å². The largest absolute Gasteiger partial charge is 0.377 e. The summed E-state index contributed by atoms with van der Waals surface area (Å²) >= 11 is 0. The van der Waals surface area contributed by atoms with Crippen molar-refractivity contribution in [2.75, 3.05) is 19.8 Å². The SMILES string of the molecule is CC(C)(C)C(C)(C)CNC(=O)C1(C#N)COC1. The van der Waals surface area contributed by atoms with Crippen LogP contribution in [0.2, 0.25) is 0 Å². The Labute approximate surface area is 103 Å². The fourth-order valence-corrected chi connectivity index (χ4v) is 1.29. The average molecular weight is 238 g/mol. The predicted octanol–water partition coefficient (Wildman–Crippen LogP) is 1.72. The minimum atomic E-state index is -0.950. The van der Waals surface area contributed by atoms with E-state index in [0.29, 0.717) is 6.54 Å². The molecule has 96 valence electrons. The lowest BCUT2D eigenvalue weighted by Crippen LogP contribution is -2.55. The molecule has 1 amide bonds. The number of hydrogen-bond donors (Lipinski definition) is 1. The third-order valence-electron chi connectivity index (χ3n) is 4.07. The molecule has 1 saturated heterocycles. The van der Waals surface area contributed by atoms with E-state index in [2.05, 4.69) is 46.0 Å². The second-order valence-electron chi connectivity index (χ2n) is 6.50. The van der Waals surface area contributed by atoms with Crippen molar-refractivity contribution in [1.82, 2.24) is 5.32 Å². The number of amides is 1.